The van der Waals surface area contributed by atoms with Gasteiger partial charge in [-0.1, -0.05) is 18.2 Å². The lowest BCUT2D eigenvalue weighted by molar-refractivity contribution is -0.143. The second kappa shape index (κ2) is 9.07. The summed E-state index contributed by atoms with van der Waals surface area (Å²) in [6.07, 6.45) is 0.0311. The highest BCUT2D eigenvalue weighted by molar-refractivity contribution is 5.82. The van der Waals surface area contributed by atoms with Crippen LogP contribution in [0.15, 0.2) is 48.5 Å². The number of carbonyl (C=O) groups is 2. The maximum Gasteiger partial charge on any atom is 0.408 e. The maximum absolute atomic E-state index is 12.3. The molecule has 1 aromatic heterocycles. The van der Waals surface area contributed by atoms with Crippen LogP contribution in [0.4, 0.5) is 10.5 Å². The first-order valence-electron chi connectivity index (χ1n) is 10.1. The number of benzene rings is 2. The van der Waals surface area contributed by atoms with Crippen LogP contribution >= 0.6 is 0 Å². The smallest absolute Gasteiger partial charge is 0.408 e. The number of ether oxygens (including phenoxy) is 2. The first kappa shape index (κ1) is 22.1. The van der Waals surface area contributed by atoms with E-state index in [1.165, 1.54) is 7.11 Å². The monoisotopic (exact) mass is 424 g/mol. The molecule has 1 heterocycles. The van der Waals surface area contributed by atoms with Crippen molar-refractivity contribution in [1.29, 1.82) is 0 Å². The highest BCUT2D eigenvalue weighted by Crippen LogP contribution is 2.24. The number of carbonyl (C=O) groups excluding carboxylic acids is 2. The molecular weight excluding hydrogens is 396 g/mol. The van der Waals surface area contributed by atoms with Crippen molar-refractivity contribution in [2.24, 2.45) is 0 Å². The van der Waals surface area contributed by atoms with E-state index >= 15 is 0 Å². The average Bonchev–Trinajstić information content (AvgIpc) is 3.07. The van der Waals surface area contributed by atoms with Crippen molar-refractivity contribution in [3.63, 3.8) is 0 Å². The minimum absolute atomic E-state index is 0.289. The second-order valence-electron chi connectivity index (χ2n) is 8.21. The van der Waals surface area contributed by atoms with Crippen LogP contribution in [0, 0.1) is 0 Å². The summed E-state index contributed by atoms with van der Waals surface area (Å²) in [7, 11) is 1.29. The van der Waals surface area contributed by atoms with Crippen molar-refractivity contribution in [2.75, 3.05) is 12.8 Å². The summed E-state index contributed by atoms with van der Waals surface area (Å²) in [5, 5.41) is 2.60. The summed E-state index contributed by atoms with van der Waals surface area (Å²) in [4.78, 5) is 29.2. The summed E-state index contributed by atoms with van der Waals surface area (Å²) in [6.45, 7) is 5.27. The molecule has 0 spiro atoms. The zero-order valence-electron chi connectivity index (χ0n) is 18.2. The van der Waals surface area contributed by atoms with E-state index in [9.17, 15) is 9.59 Å². The summed E-state index contributed by atoms with van der Waals surface area (Å²) in [6, 6.07) is 14.5. The predicted molar refractivity (Wildman–Crippen MR) is 119 cm³/mol. The van der Waals surface area contributed by atoms with E-state index in [0.29, 0.717) is 12.1 Å². The van der Waals surface area contributed by atoms with E-state index < -0.39 is 23.7 Å². The molecule has 0 aliphatic heterocycles. The number of amides is 1. The number of fused-ring (bicyclic) bond motifs is 1. The molecule has 31 heavy (non-hydrogen) atoms. The van der Waals surface area contributed by atoms with Gasteiger partial charge in [0.1, 0.15) is 17.5 Å². The Balaban J connectivity index is 1.88. The number of hydrogen-bond donors (Lipinski definition) is 2. The molecule has 0 saturated carbocycles. The standard InChI is InChI=1S/C23H28N4O4/c1-23(2,3)31-22(29)26-17(21(28)30-4)11-13-20-25-18-14-15(24)10-12-19(18)27(20)16-8-6-5-7-9-16/h5-10,12,14,17H,11,13,24H2,1-4H3,(H,26,29). The summed E-state index contributed by atoms with van der Waals surface area (Å²) in [5.41, 5.74) is 8.49. The van der Waals surface area contributed by atoms with Gasteiger partial charge in [-0.25, -0.2) is 14.6 Å². The molecule has 3 rings (SSSR count). The molecule has 1 atom stereocenters. The number of para-hydroxylation sites is 1. The molecule has 8 nitrogen and oxygen atoms in total. The van der Waals surface area contributed by atoms with Crippen LogP contribution in [0.25, 0.3) is 16.7 Å². The third kappa shape index (κ3) is 5.53. The van der Waals surface area contributed by atoms with Gasteiger partial charge in [-0.15, -0.1) is 0 Å². The van der Waals surface area contributed by atoms with Gasteiger partial charge >= 0.3 is 12.1 Å². The molecule has 0 bridgehead atoms. The molecule has 2 aromatic carbocycles. The van der Waals surface area contributed by atoms with E-state index in [2.05, 4.69) is 5.32 Å². The Hall–Kier alpha value is -3.55. The minimum Gasteiger partial charge on any atom is -0.467 e. The Kier molecular flexibility index (Phi) is 6.48. The Morgan fingerprint density at radius 2 is 1.87 bits per heavy atom. The van der Waals surface area contributed by atoms with Gasteiger partial charge in [0.2, 0.25) is 0 Å². The van der Waals surface area contributed by atoms with Crippen LogP contribution in [0.3, 0.4) is 0 Å². The maximum atomic E-state index is 12.3. The highest BCUT2D eigenvalue weighted by atomic mass is 16.6. The number of nitrogens with one attached hydrogen (secondary N) is 1. The number of aryl methyl sites for hydroxylation is 1. The number of imidazole rings is 1. The van der Waals surface area contributed by atoms with Crippen molar-refractivity contribution in [3.05, 3.63) is 54.4 Å². The van der Waals surface area contributed by atoms with Crippen LogP contribution < -0.4 is 11.1 Å². The first-order valence-corrected chi connectivity index (χ1v) is 10.1. The van der Waals surface area contributed by atoms with Crippen LogP contribution in [0.1, 0.15) is 33.0 Å². The van der Waals surface area contributed by atoms with E-state index in [-0.39, 0.29) is 6.42 Å². The Morgan fingerprint density at radius 3 is 2.52 bits per heavy atom. The average molecular weight is 425 g/mol. The molecule has 3 aromatic rings. The van der Waals surface area contributed by atoms with E-state index in [1.54, 1.807) is 20.8 Å². The van der Waals surface area contributed by atoms with Gasteiger partial charge in [-0.05, 0) is 57.5 Å². The Bertz CT molecular complexity index is 1070. The van der Waals surface area contributed by atoms with Gasteiger partial charge < -0.3 is 20.5 Å². The molecule has 0 aliphatic rings. The number of nitrogens with zero attached hydrogens (tertiary/aromatic N) is 2. The summed E-state index contributed by atoms with van der Waals surface area (Å²) >= 11 is 0. The van der Waals surface area contributed by atoms with Gasteiger partial charge in [0.25, 0.3) is 0 Å². The number of rotatable bonds is 6. The normalized spacial score (nSPS) is 12.4. The zero-order valence-corrected chi connectivity index (χ0v) is 18.2. The van der Waals surface area contributed by atoms with Crippen molar-refractivity contribution < 1.29 is 19.1 Å². The lowest BCUT2D eigenvalue weighted by atomic mass is 10.1. The van der Waals surface area contributed by atoms with Gasteiger partial charge in [-0.3, -0.25) is 4.57 Å². The number of methoxy groups -OCH3 is 1. The lowest BCUT2D eigenvalue weighted by Crippen LogP contribution is -2.44. The molecule has 0 fully saturated rings. The number of nitrogen functional groups attached to an aromatic ring is 1. The van der Waals surface area contributed by atoms with Gasteiger partial charge in [0, 0.05) is 17.8 Å². The molecule has 8 heteroatoms. The van der Waals surface area contributed by atoms with Crippen LogP contribution in [-0.4, -0.2) is 40.4 Å². The predicted octanol–water partition coefficient (Wildman–Crippen LogP) is 3.61. The second-order valence-corrected chi connectivity index (χ2v) is 8.21. The first-order chi connectivity index (χ1) is 14.7. The lowest BCUT2D eigenvalue weighted by Gasteiger charge is -2.22. The third-order valence-corrected chi connectivity index (χ3v) is 4.60. The van der Waals surface area contributed by atoms with Crippen molar-refractivity contribution >= 4 is 28.8 Å². The number of anilines is 1. The molecule has 0 radical (unpaired) electrons. The quantitative estimate of drug-likeness (QED) is 0.462. The SMILES string of the molecule is COC(=O)C(CCc1nc2cc(N)ccc2n1-c1ccccc1)NC(=O)OC(C)(C)C. The summed E-state index contributed by atoms with van der Waals surface area (Å²) in [5.74, 6) is 0.198. The van der Waals surface area contributed by atoms with Crippen LogP contribution in [0.2, 0.25) is 0 Å². The molecule has 1 amide bonds. The molecule has 1 unspecified atom stereocenters. The molecule has 164 valence electrons. The van der Waals surface area contributed by atoms with Gasteiger partial charge in [0.05, 0.1) is 18.1 Å². The van der Waals surface area contributed by atoms with E-state index in [4.69, 9.17) is 20.2 Å². The molecule has 0 aliphatic carbocycles. The van der Waals surface area contributed by atoms with E-state index in [1.807, 2.05) is 53.1 Å². The van der Waals surface area contributed by atoms with Crippen LogP contribution in [-0.2, 0) is 20.7 Å². The molecule has 3 N–H and O–H groups in total. The number of aromatic nitrogens is 2. The molecule has 0 saturated heterocycles. The number of hydrogen-bond acceptors (Lipinski definition) is 6. The third-order valence-electron chi connectivity index (χ3n) is 4.60. The Labute approximate surface area is 181 Å². The van der Waals surface area contributed by atoms with Gasteiger partial charge in [0.15, 0.2) is 0 Å². The fourth-order valence-corrected chi connectivity index (χ4v) is 3.29. The fourth-order valence-electron chi connectivity index (χ4n) is 3.29. The highest BCUT2D eigenvalue weighted by Gasteiger charge is 2.26. The number of nitrogens with two attached hydrogens (primary N) is 1. The topological polar surface area (TPSA) is 108 Å². The van der Waals surface area contributed by atoms with Gasteiger partial charge in [-0.2, -0.15) is 0 Å². The number of alkyl carbamates (subject to hydrolysis) is 1. The number of esters is 1. The van der Waals surface area contributed by atoms with Crippen molar-refractivity contribution in [2.45, 2.75) is 45.3 Å². The zero-order chi connectivity index (χ0) is 22.6. The fraction of sp³-hybridized carbons (Fsp3) is 0.348. The summed E-state index contributed by atoms with van der Waals surface area (Å²) < 4.78 is 12.2. The molecular formula is C23H28N4O4. The largest absolute Gasteiger partial charge is 0.467 e. The Morgan fingerprint density at radius 1 is 1.16 bits per heavy atom. The minimum atomic E-state index is -0.867. The van der Waals surface area contributed by atoms with Crippen molar-refractivity contribution in [1.82, 2.24) is 14.9 Å². The van der Waals surface area contributed by atoms with Crippen LogP contribution in [0.5, 0.6) is 0 Å². The van der Waals surface area contributed by atoms with Crippen molar-refractivity contribution in [3.8, 4) is 5.69 Å². The van der Waals surface area contributed by atoms with E-state index in [0.717, 1.165) is 22.5 Å².